The first-order chi connectivity index (χ1) is 7.85. The van der Waals surface area contributed by atoms with Gasteiger partial charge in [0.2, 0.25) is 0 Å². The van der Waals surface area contributed by atoms with Crippen molar-refractivity contribution >= 4 is 17.4 Å². The van der Waals surface area contributed by atoms with E-state index < -0.39 is 11.4 Å². The molecule has 1 rings (SSSR count). The maximum absolute atomic E-state index is 13.6. The third-order valence-corrected chi connectivity index (χ3v) is 2.89. The summed E-state index contributed by atoms with van der Waals surface area (Å²) in [6.07, 6.45) is 0.286. The number of ketones is 1. The van der Waals surface area contributed by atoms with E-state index in [-0.39, 0.29) is 23.6 Å². The van der Waals surface area contributed by atoms with E-state index in [0.717, 1.165) is 0 Å². The van der Waals surface area contributed by atoms with Crippen LogP contribution in [-0.4, -0.2) is 18.5 Å². The molecule has 2 nitrogen and oxygen atoms in total. The summed E-state index contributed by atoms with van der Waals surface area (Å²) in [5, 5.41) is 0.0429. The second kappa shape index (κ2) is 5.61. The van der Waals surface area contributed by atoms with Gasteiger partial charge in [-0.3, -0.25) is 4.79 Å². The minimum Gasteiger partial charge on any atom is -0.378 e. The van der Waals surface area contributed by atoms with Gasteiger partial charge in [-0.1, -0.05) is 23.7 Å². The Balaban J connectivity index is 2.72. The van der Waals surface area contributed by atoms with Gasteiger partial charge in [0.05, 0.1) is 10.6 Å². The number of hydrogen-bond acceptors (Lipinski definition) is 2. The number of carbonyl (C=O) groups is 1. The van der Waals surface area contributed by atoms with Crippen molar-refractivity contribution in [3.8, 4) is 0 Å². The van der Waals surface area contributed by atoms with Crippen molar-refractivity contribution in [3.63, 3.8) is 0 Å². The molecule has 0 aliphatic heterocycles. The molecule has 1 aromatic carbocycles. The third-order valence-electron chi connectivity index (χ3n) is 2.59. The van der Waals surface area contributed by atoms with Gasteiger partial charge in [-0.2, -0.15) is 0 Å². The molecule has 0 aliphatic rings. The lowest BCUT2D eigenvalue weighted by molar-refractivity contribution is -0.123. The number of hydrogen-bond donors (Lipinski definition) is 0. The number of benzene rings is 1. The van der Waals surface area contributed by atoms with Crippen LogP contribution in [0, 0.1) is 5.82 Å². The molecule has 0 unspecified atom stereocenters. The van der Waals surface area contributed by atoms with Gasteiger partial charge in [0.25, 0.3) is 0 Å². The van der Waals surface area contributed by atoms with Crippen LogP contribution in [0.15, 0.2) is 18.2 Å². The van der Waals surface area contributed by atoms with Crippen LogP contribution in [0.2, 0.25) is 5.02 Å². The molecule has 94 valence electrons. The van der Waals surface area contributed by atoms with Gasteiger partial charge in [0.15, 0.2) is 0 Å². The van der Waals surface area contributed by atoms with Crippen LogP contribution in [0.3, 0.4) is 0 Å². The van der Waals surface area contributed by atoms with Crippen LogP contribution < -0.4 is 0 Å². The third kappa shape index (κ3) is 4.10. The van der Waals surface area contributed by atoms with Crippen LogP contribution in [-0.2, 0) is 16.0 Å². The maximum atomic E-state index is 13.6. The average Bonchev–Trinajstić information content (AvgIpc) is 2.24. The Morgan fingerprint density at radius 1 is 1.47 bits per heavy atom. The highest BCUT2D eigenvalue weighted by Crippen LogP contribution is 2.20. The molecule has 0 fully saturated rings. The van der Waals surface area contributed by atoms with Gasteiger partial charge in [0, 0.05) is 20.0 Å². The smallest absolute Gasteiger partial charge is 0.145 e. The topological polar surface area (TPSA) is 26.3 Å². The number of methoxy groups -OCH3 is 1. The van der Waals surface area contributed by atoms with Crippen LogP contribution in [0.25, 0.3) is 0 Å². The number of rotatable bonds is 5. The lowest BCUT2D eigenvalue weighted by atomic mass is 9.97. The Hall–Kier alpha value is -0.930. The molecule has 0 heterocycles. The number of Topliss-reactive ketones (excluding diaryl/α,β-unsaturated/α-hetero) is 1. The predicted molar refractivity (Wildman–Crippen MR) is 65.8 cm³/mol. The Morgan fingerprint density at radius 3 is 2.71 bits per heavy atom. The normalized spacial score (nSPS) is 11.6. The molecule has 0 spiro atoms. The zero-order chi connectivity index (χ0) is 13.1. The van der Waals surface area contributed by atoms with E-state index in [1.54, 1.807) is 19.2 Å². The van der Waals surface area contributed by atoms with Crippen molar-refractivity contribution in [2.75, 3.05) is 7.11 Å². The minimum atomic E-state index is -0.522. The van der Waals surface area contributed by atoms with Crippen LogP contribution in [0.1, 0.15) is 25.8 Å². The quantitative estimate of drug-likeness (QED) is 0.809. The van der Waals surface area contributed by atoms with Crippen molar-refractivity contribution in [2.24, 2.45) is 0 Å². The zero-order valence-corrected chi connectivity index (χ0v) is 11.0. The second-order valence-electron chi connectivity index (χ2n) is 4.57. The summed E-state index contributed by atoms with van der Waals surface area (Å²) in [7, 11) is 1.55. The van der Waals surface area contributed by atoms with Crippen molar-refractivity contribution in [1.29, 1.82) is 0 Å². The van der Waals surface area contributed by atoms with Crippen LogP contribution in [0.5, 0.6) is 0 Å². The fraction of sp³-hybridized carbons (Fsp3) is 0.462. The van der Waals surface area contributed by atoms with Gasteiger partial charge in [-0.25, -0.2) is 4.39 Å². The molecule has 0 aromatic heterocycles. The van der Waals surface area contributed by atoms with Crippen molar-refractivity contribution in [1.82, 2.24) is 0 Å². The fourth-order valence-electron chi connectivity index (χ4n) is 1.51. The largest absolute Gasteiger partial charge is 0.378 e. The standard InChI is InChI=1S/C13H16ClFO2/c1-13(2,17-3)8-10(16)7-9-5-4-6-11(14)12(9)15/h4-6H,7-8H2,1-3H3. The molecule has 0 amide bonds. The summed E-state index contributed by atoms with van der Waals surface area (Å²) in [5.74, 6) is -0.587. The van der Waals surface area contributed by atoms with Gasteiger partial charge < -0.3 is 4.74 Å². The van der Waals surface area contributed by atoms with Gasteiger partial charge in [-0.15, -0.1) is 0 Å². The first-order valence-electron chi connectivity index (χ1n) is 5.35. The molecular formula is C13H16ClFO2. The SMILES string of the molecule is COC(C)(C)CC(=O)Cc1cccc(Cl)c1F. The Kier molecular flexibility index (Phi) is 4.66. The molecular weight excluding hydrogens is 243 g/mol. The van der Waals surface area contributed by atoms with Crippen LogP contribution in [0.4, 0.5) is 4.39 Å². The van der Waals surface area contributed by atoms with Gasteiger partial charge in [0.1, 0.15) is 11.6 Å². The zero-order valence-electron chi connectivity index (χ0n) is 10.2. The molecule has 0 radical (unpaired) electrons. The highest BCUT2D eigenvalue weighted by molar-refractivity contribution is 6.30. The Labute approximate surface area is 106 Å². The molecule has 0 bridgehead atoms. The highest BCUT2D eigenvalue weighted by atomic mass is 35.5. The molecule has 0 atom stereocenters. The van der Waals surface area contributed by atoms with E-state index in [2.05, 4.69) is 0 Å². The first kappa shape index (κ1) is 14.1. The predicted octanol–water partition coefficient (Wildman–Crippen LogP) is 3.41. The van der Waals surface area contributed by atoms with Crippen molar-refractivity contribution in [3.05, 3.63) is 34.6 Å². The van der Waals surface area contributed by atoms with Gasteiger partial charge in [-0.05, 0) is 25.5 Å². The average molecular weight is 259 g/mol. The van der Waals surface area contributed by atoms with E-state index in [1.807, 2.05) is 13.8 Å². The fourth-order valence-corrected chi connectivity index (χ4v) is 1.70. The van der Waals surface area contributed by atoms with E-state index in [4.69, 9.17) is 16.3 Å². The minimum absolute atomic E-state index is 0.0409. The number of halogens is 2. The van der Waals surface area contributed by atoms with Crippen molar-refractivity contribution < 1.29 is 13.9 Å². The summed E-state index contributed by atoms with van der Waals surface area (Å²) >= 11 is 5.65. The lowest BCUT2D eigenvalue weighted by Gasteiger charge is -2.21. The molecule has 4 heteroatoms. The maximum Gasteiger partial charge on any atom is 0.145 e. The summed E-state index contributed by atoms with van der Waals surface area (Å²) < 4.78 is 18.7. The molecule has 1 aromatic rings. The van der Waals surface area contributed by atoms with Crippen molar-refractivity contribution in [2.45, 2.75) is 32.3 Å². The summed E-state index contributed by atoms with van der Waals surface area (Å²) in [6.45, 7) is 3.64. The molecule has 0 N–H and O–H groups in total. The Morgan fingerprint density at radius 2 is 2.12 bits per heavy atom. The highest BCUT2D eigenvalue weighted by Gasteiger charge is 2.22. The van der Waals surface area contributed by atoms with Gasteiger partial charge >= 0.3 is 0 Å². The Bertz CT molecular complexity index is 416. The summed E-state index contributed by atoms with van der Waals surface area (Å²) in [4.78, 5) is 11.8. The van der Waals surface area contributed by atoms with E-state index >= 15 is 0 Å². The summed E-state index contributed by atoms with van der Waals surface area (Å²) in [6, 6.07) is 4.67. The number of ether oxygens (including phenoxy) is 1. The number of carbonyl (C=O) groups excluding carboxylic acids is 1. The molecule has 0 saturated heterocycles. The van der Waals surface area contributed by atoms with Crippen LogP contribution >= 0.6 is 11.6 Å². The lowest BCUT2D eigenvalue weighted by Crippen LogP contribution is -2.27. The van der Waals surface area contributed by atoms with E-state index in [1.165, 1.54) is 6.07 Å². The molecule has 0 aliphatic carbocycles. The monoisotopic (exact) mass is 258 g/mol. The summed E-state index contributed by atoms with van der Waals surface area (Å²) in [5.41, 5.74) is -0.194. The molecule has 0 saturated carbocycles. The first-order valence-corrected chi connectivity index (χ1v) is 5.73. The van der Waals surface area contributed by atoms with E-state index in [9.17, 15) is 9.18 Å². The van der Waals surface area contributed by atoms with E-state index in [0.29, 0.717) is 5.56 Å². The molecule has 17 heavy (non-hydrogen) atoms. The second-order valence-corrected chi connectivity index (χ2v) is 4.98.